The lowest BCUT2D eigenvalue weighted by Crippen LogP contribution is -2.50. The summed E-state index contributed by atoms with van der Waals surface area (Å²) in [5, 5.41) is 0. The van der Waals surface area contributed by atoms with Crippen molar-refractivity contribution < 1.29 is 9.53 Å². The average molecular weight is 443 g/mol. The van der Waals surface area contributed by atoms with Crippen molar-refractivity contribution in [1.29, 1.82) is 0 Å². The molecule has 8 heteroatoms. The third-order valence-electron chi connectivity index (χ3n) is 4.83. The fourth-order valence-electron chi connectivity index (χ4n) is 3.24. The maximum atomic E-state index is 11.9. The van der Waals surface area contributed by atoms with E-state index in [9.17, 15) is 4.79 Å². The van der Waals surface area contributed by atoms with Crippen molar-refractivity contribution in [2.45, 2.75) is 4.84 Å². The number of carbonyl (C=O) groups is 1. The summed E-state index contributed by atoms with van der Waals surface area (Å²) in [4.78, 5) is 23.7. The Labute approximate surface area is 185 Å². The summed E-state index contributed by atoms with van der Waals surface area (Å²) < 4.78 is 5.84. The Kier molecular flexibility index (Phi) is 6.35. The minimum absolute atomic E-state index is 0.259. The van der Waals surface area contributed by atoms with E-state index in [4.69, 9.17) is 32.9 Å². The van der Waals surface area contributed by atoms with E-state index < -0.39 is 4.84 Å². The highest BCUT2D eigenvalue weighted by molar-refractivity contribution is 6.53. The Hall–Kier alpha value is -2.83. The van der Waals surface area contributed by atoms with Crippen molar-refractivity contribution in [3.8, 4) is 22.8 Å². The summed E-state index contributed by atoms with van der Waals surface area (Å²) in [7, 11) is 0. The van der Waals surface area contributed by atoms with Gasteiger partial charge in [-0.05, 0) is 42.5 Å². The first-order chi connectivity index (χ1) is 14.6. The van der Waals surface area contributed by atoms with Gasteiger partial charge in [-0.1, -0.05) is 41.4 Å². The number of hydrogen-bond acceptors (Lipinski definition) is 5. The van der Waals surface area contributed by atoms with Crippen LogP contribution in [-0.4, -0.2) is 51.8 Å². The second-order valence-electron chi connectivity index (χ2n) is 6.79. The number of piperazine rings is 1. The lowest BCUT2D eigenvalue weighted by molar-refractivity contribution is -0.129. The third-order valence-corrected chi connectivity index (χ3v) is 5.21. The van der Waals surface area contributed by atoms with Crippen LogP contribution in [0.2, 0.25) is 0 Å². The summed E-state index contributed by atoms with van der Waals surface area (Å²) in [6.45, 7) is 2.32. The summed E-state index contributed by atoms with van der Waals surface area (Å²) >= 11 is 11.4. The number of ether oxygens (including phenoxy) is 1. The molecule has 0 aliphatic carbocycles. The lowest BCUT2D eigenvalue weighted by atomic mass is 10.1. The first-order valence-electron chi connectivity index (χ1n) is 9.58. The fraction of sp³-hybridized carbons (Fsp3) is 0.227. The van der Waals surface area contributed by atoms with E-state index in [-0.39, 0.29) is 5.91 Å². The maximum Gasteiger partial charge on any atom is 0.255 e. The van der Waals surface area contributed by atoms with Crippen LogP contribution >= 0.6 is 23.2 Å². The van der Waals surface area contributed by atoms with Crippen LogP contribution in [0.5, 0.6) is 11.5 Å². The van der Waals surface area contributed by atoms with Crippen molar-refractivity contribution in [2.24, 2.45) is 0 Å². The van der Waals surface area contributed by atoms with Crippen LogP contribution in [0.3, 0.4) is 0 Å². The number of aromatic nitrogens is 2. The smallest absolute Gasteiger partial charge is 0.255 e. The van der Waals surface area contributed by atoms with E-state index in [2.05, 4.69) is 9.88 Å². The quantitative estimate of drug-likeness (QED) is 0.548. The van der Waals surface area contributed by atoms with Gasteiger partial charge in [-0.25, -0.2) is 9.97 Å². The molecule has 0 unspecified atom stereocenters. The topological polar surface area (TPSA) is 58.6 Å². The molecular formula is C22H20Cl2N4O2. The Morgan fingerprint density at radius 3 is 2.23 bits per heavy atom. The predicted octanol–water partition coefficient (Wildman–Crippen LogP) is 4.39. The van der Waals surface area contributed by atoms with Gasteiger partial charge >= 0.3 is 0 Å². The molecule has 0 bridgehead atoms. The van der Waals surface area contributed by atoms with Crippen molar-refractivity contribution in [2.75, 3.05) is 31.1 Å². The lowest BCUT2D eigenvalue weighted by Gasteiger charge is -2.35. The standard InChI is InChI=1S/C22H20Cl2N4O2/c23-20(24)21(29)27-12-14-28(15-13-27)22-25-11-10-19(26-22)16-6-8-18(9-7-16)30-17-4-2-1-3-5-17/h1-11,20H,12-15H2. The number of amides is 1. The van der Waals surface area contributed by atoms with Crippen molar-refractivity contribution in [3.63, 3.8) is 0 Å². The number of alkyl halides is 2. The molecular weight excluding hydrogens is 423 g/mol. The van der Waals surface area contributed by atoms with Gasteiger partial charge in [0.25, 0.3) is 5.91 Å². The number of halogens is 2. The molecule has 1 fully saturated rings. The van der Waals surface area contributed by atoms with E-state index in [0.29, 0.717) is 32.1 Å². The number of hydrogen-bond donors (Lipinski definition) is 0. The molecule has 0 atom stereocenters. The fourth-order valence-corrected chi connectivity index (χ4v) is 3.52. The maximum absolute atomic E-state index is 11.9. The van der Waals surface area contributed by atoms with E-state index in [1.165, 1.54) is 0 Å². The number of nitrogens with zero attached hydrogens (tertiary/aromatic N) is 4. The summed E-state index contributed by atoms with van der Waals surface area (Å²) in [6, 6.07) is 19.3. The summed E-state index contributed by atoms with van der Waals surface area (Å²) in [5.41, 5.74) is 1.80. The van der Waals surface area contributed by atoms with Crippen molar-refractivity contribution >= 4 is 35.1 Å². The minimum atomic E-state index is -1.02. The Bertz CT molecular complexity index is 992. The molecule has 154 valence electrons. The first kappa shape index (κ1) is 20.4. The molecule has 0 saturated carbocycles. The molecule has 3 aromatic rings. The monoisotopic (exact) mass is 442 g/mol. The average Bonchev–Trinajstić information content (AvgIpc) is 2.80. The number of rotatable bonds is 5. The normalized spacial score (nSPS) is 14.1. The molecule has 1 amide bonds. The summed E-state index contributed by atoms with van der Waals surface area (Å²) in [6.07, 6.45) is 1.75. The van der Waals surface area contributed by atoms with Crippen LogP contribution in [-0.2, 0) is 4.79 Å². The Morgan fingerprint density at radius 1 is 0.900 bits per heavy atom. The molecule has 1 aliphatic heterocycles. The number of benzene rings is 2. The second-order valence-corrected chi connectivity index (χ2v) is 7.89. The van der Waals surface area contributed by atoms with Gasteiger partial charge in [0.05, 0.1) is 5.69 Å². The van der Waals surface area contributed by atoms with Gasteiger partial charge in [0.15, 0.2) is 4.84 Å². The SMILES string of the molecule is O=C(C(Cl)Cl)N1CCN(c2nccc(-c3ccc(Oc4ccccc4)cc3)n2)CC1. The van der Waals surface area contributed by atoms with Crippen LogP contribution in [0.1, 0.15) is 0 Å². The number of anilines is 1. The zero-order valence-corrected chi connectivity index (χ0v) is 17.6. The van der Waals surface area contributed by atoms with Gasteiger partial charge in [-0.2, -0.15) is 0 Å². The molecule has 30 heavy (non-hydrogen) atoms. The van der Waals surface area contributed by atoms with Crippen LogP contribution in [0.4, 0.5) is 5.95 Å². The highest BCUT2D eigenvalue weighted by Gasteiger charge is 2.26. The molecule has 1 saturated heterocycles. The van der Waals surface area contributed by atoms with Crippen molar-refractivity contribution in [1.82, 2.24) is 14.9 Å². The molecule has 1 aromatic heterocycles. The van der Waals surface area contributed by atoms with E-state index >= 15 is 0 Å². The van der Waals surface area contributed by atoms with Crippen LogP contribution in [0.25, 0.3) is 11.3 Å². The predicted molar refractivity (Wildman–Crippen MR) is 118 cm³/mol. The molecule has 2 heterocycles. The third kappa shape index (κ3) is 4.83. The Morgan fingerprint density at radius 2 is 1.57 bits per heavy atom. The van der Waals surface area contributed by atoms with Gasteiger partial charge in [0.2, 0.25) is 5.95 Å². The van der Waals surface area contributed by atoms with Crippen LogP contribution < -0.4 is 9.64 Å². The first-order valence-corrected chi connectivity index (χ1v) is 10.5. The van der Waals surface area contributed by atoms with Gasteiger partial charge in [0.1, 0.15) is 11.5 Å². The van der Waals surface area contributed by atoms with E-state index in [1.54, 1.807) is 11.1 Å². The van der Waals surface area contributed by atoms with E-state index in [1.807, 2.05) is 60.7 Å². The van der Waals surface area contributed by atoms with Crippen molar-refractivity contribution in [3.05, 3.63) is 66.9 Å². The highest BCUT2D eigenvalue weighted by atomic mass is 35.5. The minimum Gasteiger partial charge on any atom is -0.457 e. The zero-order chi connectivity index (χ0) is 20.9. The second kappa shape index (κ2) is 9.32. The largest absolute Gasteiger partial charge is 0.457 e. The van der Waals surface area contributed by atoms with Gasteiger partial charge < -0.3 is 14.5 Å². The molecule has 1 aliphatic rings. The van der Waals surface area contributed by atoms with E-state index in [0.717, 1.165) is 22.8 Å². The van der Waals surface area contributed by atoms with Crippen LogP contribution in [0, 0.1) is 0 Å². The summed E-state index contributed by atoms with van der Waals surface area (Å²) in [5.74, 6) is 1.93. The Balaban J connectivity index is 1.43. The van der Waals surface area contributed by atoms with Crippen LogP contribution in [0.15, 0.2) is 66.9 Å². The molecule has 2 aromatic carbocycles. The van der Waals surface area contributed by atoms with Gasteiger partial charge in [-0.15, -0.1) is 0 Å². The molecule has 6 nitrogen and oxygen atoms in total. The molecule has 0 N–H and O–H groups in total. The molecule has 0 radical (unpaired) electrons. The zero-order valence-electron chi connectivity index (χ0n) is 16.1. The number of carbonyl (C=O) groups excluding carboxylic acids is 1. The molecule has 0 spiro atoms. The number of para-hydroxylation sites is 1. The molecule has 4 rings (SSSR count). The van der Waals surface area contributed by atoms with Gasteiger partial charge in [-0.3, -0.25) is 4.79 Å². The van der Waals surface area contributed by atoms with Gasteiger partial charge in [0, 0.05) is 37.9 Å². The highest BCUT2D eigenvalue weighted by Crippen LogP contribution is 2.25.